The number of hydrogen-bond donors (Lipinski definition) is 1. The van der Waals surface area contributed by atoms with E-state index in [0.717, 1.165) is 31.1 Å². The molecule has 1 aliphatic heterocycles. The first-order valence-corrected chi connectivity index (χ1v) is 13.0. The Hall–Kier alpha value is -1.02. The molecule has 2 nitrogen and oxygen atoms in total. The third-order valence-corrected chi connectivity index (χ3v) is 8.18. The van der Waals surface area contributed by atoms with Gasteiger partial charge in [-0.1, -0.05) is 64.8 Å². The molecule has 0 saturated carbocycles. The van der Waals surface area contributed by atoms with Crippen molar-refractivity contribution in [2.24, 2.45) is 23.7 Å². The molecule has 31 heavy (non-hydrogen) atoms. The number of aliphatic hydroxyl groups excluding tert-OH is 1. The average Bonchev–Trinajstić information content (AvgIpc) is 2.71. The van der Waals surface area contributed by atoms with Crippen molar-refractivity contribution in [3.05, 3.63) is 35.6 Å². The Morgan fingerprint density at radius 3 is 2.71 bits per heavy atom. The minimum absolute atomic E-state index is 0.0700. The van der Waals surface area contributed by atoms with Crippen LogP contribution in [0.2, 0.25) is 0 Å². The van der Waals surface area contributed by atoms with Gasteiger partial charge >= 0.3 is 0 Å². The molecular formula is C29H50O2. The highest BCUT2D eigenvalue weighted by Crippen LogP contribution is 2.43. The summed E-state index contributed by atoms with van der Waals surface area (Å²) in [6, 6.07) is 0. The van der Waals surface area contributed by atoms with Crippen LogP contribution in [0.1, 0.15) is 112 Å². The van der Waals surface area contributed by atoms with Crippen LogP contribution in [0.15, 0.2) is 35.6 Å². The van der Waals surface area contributed by atoms with Gasteiger partial charge in [-0.05, 0) is 95.0 Å². The Balaban J connectivity index is 1.64. The second kappa shape index (κ2) is 12.3. The van der Waals surface area contributed by atoms with Gasteiger partial charge in [0.15, 0.2) is 0 Å². The van der Waals surface area contributed by atoms with E-state index in [9.17, 15) is 5.11 Å². The lowest BCUT2D eigenvalue weighted by molar-refractivity contribution is -0.125. The topological polar surface area (TPSA) is 29.5 Å². The normalized spacial score (nSPS) is 31.0. The number of allylic oxidation sites excluding steroid dienone is 4. The Labute approximate surface area is 193 Å². The van der Waals surface area contributed by atoms with E-state index in [1.54, 1.807) is 5.57 Å². The summed E-state index contributed by atoms with van der Waals surface area (Å²) in [5.41, 5.74) is 3.14. The Morgan fingerprint density at radius 1 is 1.26 bits per heavy atom. The molecule has 178 valence electrons. The second-order valence-corrected chi connectivity index (χ2v) is 11.2. The number of hydrogen-bond acceptors (Lipinski definition) is 2. The highest BCUT2D eigenvalue weighted by Gasteiger charge is 2.40. The zero-order valence-corrected chi connectivity index (χ0v) is 21.4. The Kier molecular flexibility index (Phi) is 10.4. The fourth-order valence-corrected chi connectivity index (χ4v) is 5.23. The van der Waals surface area contributed by atoms with Crippen LogP contribution in [0.4, 0.5) is 0 Å². The molecule has 0 amide bonds. The fourth-order valence-electron chi connectivity index (χ4n) is 5.23. The van der Waals surface area contributed by atoms with Crippen LogP contribution >= 0.6 is 0 Å². The molecule has 2 heteroatoms. The van der Waals surface area contributed by atoms with Crippen LogP contribution < -0.4 is 0 Å². The zero-order chi connectivity index (χ0) is 23.0. The Morgan fingerprint density at radius 2 is 2.00 bits per heavy atom. The molecule has 0 aromatic heterocycles. The van der Waals surface area contributed by atoms with Crippen molar-refractivity contribution in [1.82, 2.24) is 0 Å². The minimum atomic E-state index is 0.0700. The summed E-state index contributed by atoms with van der Waals surface area (Å²) in [5.74, 6) is 2.71. The maximum absolute atomic E-state index is 9.41. The lowest BCUT2D eigenvalue weighted by Gasteiger charge is -2.46. The maximum atomic E-state index is 9.41. The quantitative estimate of drug-likeness (QED) is 0.247. The zero-order valence-electron chi connectivity index (χ0n) is 21.4. The van der Waals surface area contributed by atoms with E-state index in [2.05, 4.69) is 53.3 Å². The first-order valence-electron chi connectivity index (χ1n) is 13.0. The summed E-state index contributed by atoms with van der Waals surface area (Å²) in [7, 11) is 0. The third kappa shape index (κ3) is 8.44. The average molecular weight is 431 g/mol. The largest absolute Gasteiger partial charge is 0.513 e. The molecule has 6 atom stereocenters. The van der Waals surface area contributed by atoms with Gasteiger partial charge in [0.25, 0.3) is 0 Å². The van der Waals surface area contributed by atoms with Gasteiger partial charge in [0, 0.05) is 5.92 Å². The molecule has 0 aromatic carbocycles. The molecule has 0 aromatic rings. The van der Waals surface area contributed by atoms with Crippen LogP contribution in [-0.4, -0.2) is 16.8 Å². The molecule has 0 spiro atoms. The summed E-state index contributed by atoms with van der Waals surface area (Å²) < 4.78 is 6.73. The lowest BCUT2D eigenvalue weighted by Crippen LogP contribution is -2.45. The van der Waals surface area contributed by atoms with E-state index in [1.165, 1.54) is 56.9 Å². The second-order valence-electron chi connectivity index (χ2n) is 11.2. The van der Waals surface area contributed by atoms with Gasteiger partial charge in [-0.2, -0.15) is 0 Å². The van der Waals surface area contributed by atoms with E-state index in [1.807, 2.05) is 6.92 Å². The molecular weight excluding hydrogens is 380 g/mol. The van der Waals surface area contributed by atoms with Crippen LogP contribution in [0.25, 0.3) is 0 Å². The fraction of sp³-hybridized carbons (Fsp3) is 0.793. The van der Waals surface area contributed by atoms with Gasteiger partial charge in [-0.15, -0.1) is 0 Å². The summed E-state index contributed by atoms with van der Waals surface area (Å²) in [6.07, 6.45) is 18.5. The number of rotatable bonds is 12. The van der Waals surface area contributed by atoms with Gasteiger partial charge in [-0.3, -0.25) is 0 Å². The molecule has 2 aliphatic rings. The van der Waals surface area contributed by atoms with Crippen molar-refractivity contribution < 1.29 is 9.84 Å². The smallest absolute Gasteiger partial charge is 0.0879 e. The number of ether oxygens (including phenoxy) is 1. The maximum Gasteiger partial charge on any atom is 0.0879 e. The number of fused-ring (bicyclic) bond motifs is 1. The molecule has 1 aliphatic carbocycles. The molecule has 1 N–H and O–H groups in total. The highest BCUT2D eigenvalue weighted by atomic mass is 16.5. The van der Waals surface area contributed by atoms with Crippen molar-refractivity contribution in [2.75, 3.05) is 0 Å². The van der Waals surface area contributed by atoms with Gasteiger partial charge < -0.3 is 9.84 Å². The first-order chi connectivity index (χ1) is 14.6. The van der Waals surface area contributed by atoms with Crippen molar-refractivity contribution in [3.8, 4) is 0 Å². The monoisotopic (exact) mass is 430 g/mol. The lowest BCUT2D eigenvalue weighted by atomic mass is 9.74. The standard InChI is InChI=1S/C29H50O2/c1-21(13-9-15-24(4)26(6)30)11-8-12-22(2)14-10-19-29(7)20-18-27-17-16-23(3)25(5)28(27)31-29/h11,17,22-25,28,30H,6,8-10,12-16,18-20H2,1-5,7H3/b21-11+. The molecule has 1 saturated heterocycles. The highest BCUT2D eigenvalue weighted by molar-refractivity contribution is 5.18. The van der Waals surface area contributed by atoms with Gasteiger partial charge in [0.2, 0.25) is 0 Å². The molecule has 1 fully saturated rings. The van der Waals surface area contributed by atoms with E-state index in [-0.39, 0.29) is 11.5 Å². The molecule has 0 bridgehead atoms. The summed E-state index contributed by atoms with van der Waals surface area (Å²) >= 11 is 0. The van der Waals surface area contributed by atoms with Crippen LogP contribution in [0.5, 0.6) is 0 Å². The van der Waals surface area contributed by atoms with Crippen molar-refractivity contribution in [2.45, 2.75) is 124 Å². The predicted octanol–water partition coefficient (Wildman–Crippen LogP) is 8.94. The molecule has 6 unspecified atom stereocenters. The third-order valence-electron chi connectivity index (χ3n) is 8.18. The SMILES string of the molecule is C=C(O)C(C)CCC/C(C)=C/CCC(C)CCCC1(C)CCC2=CCC(C)C(C)C2O1. The van der Waals surface area contributed by atoms with Crippen molar-refractivity contribution in [1.29, 1.82) is 0 Å². The van der Waals surface area contributed by atoms with Gasteiger partial charge in [0.1, 0.15) is 0 Å². The van der Waals surface area contributed by atoms with E-state index in [4.69, 9.17) is 4.74 Å². The summed E-state index contributed by atoms with van der Waals surface area (Å²) in [4.78, 5) is 0. The Bertz CT molecular complexity index is 631. The molecule has 2 rings (SSSR count). The van der Waals surface area contributed by atoms with Crippen molar-refractivity contribution >= 4 is 0 Å². The van der Waals surface area contributed by atoms with E-state index >= 15 is 0 Å². The number of aliphatic hydroxyl groups is 1. The predicted molar refractivity (Wildman–Crippen MR) is 134 cm³/mol. The van der Waals surface area contributed by atoms with Crippen LogP contribution in [0, 0.1) is 23.7 Å². The van der Waals surface area contributed by atoms with Crippen molar-refractivity contribution in [3.63, 3.8) is 0 Å². The molecule has 0 radical (unpaired) electrons. The van der Waals surface area contributed by atoms with Gasteiger partial charge in [-0.25, -0.2) is 0 Å². The van der Waals surface area contributed by atoms with Crippen LogP contribution in [-0.2, 0) is 4.74 Å². The summed E-state index contributed by atoms with van der Waals surface area (Å²) in [5, 5.41) is 9.41. The molecule has 1 heterocycles. The van der Waals surface area contributed by atoms with Crippen LogP contribution in [0.3, 0.4) is 0 Å². The first kappa shape index (κ1) is 26.2. The summed E-state index contributed by atoms with van der Waals surface area (Å²) in [6.45, 7) is 17.5. The van der Waals surface area contributed by atoms with E-state index in [0.29, 0.717) is 17.8 Å². The minimum Gasteiger partial charge on any atom is -0.513 e. The van der Waals surface area contributed by atoms with E-state index < -0.39 is 0 Å². The van der Waals surface area contributed by atoms with Gasteiger partial charge in [0.05, 0.1) is 17.5 Å².